The molecule has 1 saturated carbocycles. The second-order valence-electron chi connectivity index (χ2n) is 6.22. The van der Waals surface area contributed by atoms with E-state index in [1.165, 1.54) is 70.0 Å². The van der Waals surface area contributed by atoms with Gasteiger partial charge in [-0.05, 0) is 37.9 Å². The van der Waals surface area contributed by atoms with Crippen molar-refractivity contribution in [2.45, 2.75) is 89.2 Å². The fraction of sp³-hybridized carbons (Fsp3) is 0.895. The van der Waals surface area contributed by atoms with Crippen molar-refractivity contribution in [3.05, 3.63) is 0 Å². The third-order valence-electron chi connectivity index (χ3n) is 4.28. The van der Waals surface area contributed by atoms with Gasteiger partial charge < -0.3 is 5.11 Å². The van der Waals surface area contributed by atoms with Gasteiger partial charge in [-0.2, -0.15) is 11.8 Å². The lowest BCUT2D eigenvalue weighted by molar-refractivity contribution is 0.283. The fourth-order valence-corrected chi connectivity index (χ4v) is 4.38. The van der Waals surface area contributed by atoms with Crippen LogP contribution in [0.4, 0.5) is 0 Å². The second-order valence-corrected chi connectivity index (χ2v) is 7.56. The Balaban J connectivity index is 2.09. The first kappa shape index (κ1) is 18.9. The molecule has 0 unspecified atom stereocenters. The zero-order valence-electron chi connectivity index (χ0n) is 13.9. The summed E-state index contributed by atoms with van der Waals surface area (Å²) >= 11 is 2.16. The van der Waals surface area contributed by atoms with Crippen molar-refractivity contribution in [3.63, 3.8) is 0 Å². The van der Waals surface area contributed by atoms with Crippen molar-refractivity contribution in [3.8, 4) is 11.8 Å². The summed E-state index contributed by atoms with van der Waals surface area (Å²) in [5, 5.41) is 9.56. The molecule has 1 aliphatic rings. The monoisotopic (exact) mass is 310 g/mol. The van der Waals surface area contributed by atoms with Crippen molar-refractivity contribution < 1.29 is 5.11 Å². The number of hydrogen-bond acceptors (Lipinski definition) is 2. The molecule has 0 saturated heterocycles. The van der Waals surface area contributed by atoms with Crippen molar-refractivity contribution >= 4 is 11.8 Å². The molecular formula is C19H34OS. The lowest BCUT2D eigenvalue weighted by Crippen LogP contribution is -2.08. The third-order valence-corrected chi connectivity index (χ3v) is 5.80. The molecule has 2 atom stereocenters. The zero-order chi connectivity index (χ0) is 15.2. The first-order chi connectivity index (χ1) is 10.4. The van der Waals surface area contributed by atoms with Gasteiger partial charge in [0.25, 0.3) is 0 Å². The third kappa shape index (κ3) is 9.48. The molecule has 0 aromatic carbocycles. The van der Waals surface area contributed by atoms with E-state index in [2.05, 4.69) is 30.5 Å². The molecule has 2 heteroatoms. The van der Waals surface area contributed by atoms with Crippen LogP contribution in [0, 0.1) is 17.8 Å². The summed E-state index contributed by atoms with van der Waals surface area (Å²) in [6, 6.07) is 0. The highest BCUT2D eigenvalue weighted by Gasteiger charge is 2.25. The minimum absolute atomic E-state index is 0.353. The first-order valence-electron chi connectivity index (χ1n) is 9.09. The highest BCUT2D eigenvalue weighted by molar-refractivity contribution is 7.99. The lowest BCUT2D eigenvalue weighted by Gasteiger charge is -2.14. The summed E-state index contributed by atoms with van der Waals surface area (Å²) in [5.41, 5.74) is 0. The van der Waals surface area contributed by atoms with Crippen LogP contribution in [0.25, 0.3) is 0 Å². The van der Waals surface area contributed by atoms with E-state index in [1.54, 1.807) is 0 Å². The zero-order valence-corrected chi connectivity index (χ0v) is 14.7. The van der Waals surface area contributed by atoms with Crippen LogP contribution in [0.2, 0.25) is 0 Å². The van der Waals surface area contributed by atoms with Gasteiger partial charge in [-0.25, -0.2) is 0 Å². The standard InChI is InChI=1S/C19H34OS/c1-2-3-4-5-6-9-13-18-14-12-15-19(18)21-17-11-8-7-10-16-20/h18-20H,2-8,10-12,14-17H2,1H3/t18-,19-/m0/s1. The summed E-state index contributed by atoms with van der Waals surface area (Å²) in [6.45, 7) is 2.61. The molecular weight excluding hydrogens is 276 g/mol. The number of thioether (sulfide) groups is 1. The number of unbranched alkanes of at least 4 members (excludes halogenated alkanes) is 7. The van der Waals surface area contributed by atoms with Crippen LogP contribution in [-0.2, 0) is 0 Å². The molecule has 1 nitrogen and oxygen atoms in total. The Bertz CT molecular complexity index is 292. The van der Waals surface area contributed by atoms with Gasteiger partial charge in [0.15, 0.2) is 0 Å². The van der Waals surface area contributed by atoms with Gasteiger partial charge in [-0.15, -0.1) is 5.92 Å². The van der Waals surface area contributed by atoms with Crippen LogP contribution in [0.3, 0.4) is 0 Å². The highest BCUT2D eigenvalue weighted by atomic mass is 32.2. The van der Waals surface area contributed by atoms with Crippen LogP contribution >= 0.6 is 11.8 Å². The Hall–Kier alpha value is -0.130. The lowest BCUT2D eigenvalue weighted by atomic mass is 10.1. The largest absolute Gasteiger partial charge is 0.396 e. The quantitative estimate of drug-likeness (QED) is 0.406. The van der Waals surface area contributed by atoms with E-state index < -0.39 is 0 Å². The Morgan fingerprint density at radius 3 is 2.62 bits per heavy atom. The van der Waals surface area contributed by atoms with E-state index in [1.807, 2.05) is 0 Å². The fourth-order valence-electron chi connectivity index (χ4n) is 2.94. The molecule has 0 aromatic rings. The van der Waals surface area contributed by atoms with Gasteiger partial charge >= 0.3 is 0 Å². The van der Waals surface area contributed by atoms with E-state index in [-0.39, 0.29) is 0 Å². The smallest absolute Gasteiger partial charge is 0.0431 e. The van der Waals surface area contributed by atoms with E-state index in [0.717, 1.165) is 18.1 Å². The topological polar surface area (TPSA) is 20.2 Å². The van der Waals surface area contributed by atoms with Gasteiger partial charge in [0, 0.05) is 24.2 Å². The Kier molecular flexibility index (Phi) is 12.2. The molecule has 0 bridgehead atoms. The molecule has 0 aliphatic heterocycles. The van der Waals surface area contributed by atoms with Crippen LogP contribution < -0.4 is 0 Å². The normalized spacial score (nSPS) is 21.2. The van der Waals surface area contributed by atoms with Crippen molar-refractivity contribution in [2.24, 2.45) is 5.92 Å². The summed E-state index contributed by atoms with van der Waals surface area (Å²) in [7, 11) is 0. The summed E-state index contributed by atoms with van der Waals surface area (Å²) in [4.78, 5) is 0. The molecule has 0 heterocycles. The van der Waals surface area contributed by atoms with E-state index in [0.29, 0.717) is 12.5 Å². The van der Waals surface area contributed by atoms with Gasteiger partial charge in [0.1, 0.15) is 0 Å². The maximum absolute atomic E-state index is 8.76. The number of aliphatic hydroxyl groups excluding tert-OH is 1. The second kappa shape index (κ2) is 13.5. The molecule has 1 rings (SSSR count). The van der Waals surface area contributed by atoms with E-state index in [9.17, 15) is 0 Å². The molecule has 21 heavy (non-hydrogen) atoms. The van der Waals surface area contributed by atoms with Gasteiger partial charge in [0.2, 0.25) is 0 Å². The van der Waals surface area contributed by atoms with Crippen LogP contribution in [0.1, 0.15) is 84.0 Å². The SMILES string of the molecule is CCCCCCC#C[C@H]1CCC[C@@H]1SCCCCCCO. The summed E-state index contributed by atoms with van der Waals surface area (Å²) in [5.74, 6) is 8.96. The molecule has 1 N–H and O–H groups in total. The van der Waals surface area contributed by atoms with E-state index in [4.69, 9.17) is 5.11 Å². The molecule has 0 aromatic heterocycles. The van der Waals surface area contributed by atoms with E-state index >= 15 is 0 Å². The Morgan fingerprint density at radius 1 is 1.00 bits per heavy atom. The van der Waals surface area contributed by atoms with Gasteiger partial charge in [-0.3, -0.25) is 0 Å². The van der Waals surface area contributed by atoms with Gasteiger partial charge in [-0.1, -0.05) is 51.4 Å². The molecule has 122 valence electrons. The predicted molar refractivity (Wildman–Crippen MR) is 95.7 cm³/mol. The maximum Gasteiger partial charge on any atom is 0.0431 e. The maximum atomic E-state index is 8.76. The summed E-state index contributed by atoms with van der Waals surface area (Å²) < 4.78 is 0. The van der Waals surface area contributed by atoms with Crippen LogP contribution in [-0.4, -0.2) is 22.7 Å². The average molecular weight is 311 g/mol. The Morgan fingerprint density at radius 2 is 1.81 bits per heavy atom. The average Bonchev–Trinajstić information content (AvgIpc) is 2.94. The minimum atomic E-state index is 0.353. The number of rotatable bonds is 11. The van der Waals surface area contributed by atoms with Crippen molar-refractivity contribution in [1.29, 1.82) is 0 Å². The predicted octanol–water partition coefficient (Wildman–Crippen LogP) is 5.41. The number of aliphatic hydroxyl groups is 1. The first-order valence-corrected chi connectivity index (χ1v) is 10.1. The van der Waals surface area contributed by atoms with Crippen LogP contribution in [0.5, 0.6) is 0 Å². The van der Waals surface area contributed by atoms with Crippen molar-refractivity contribution in [2.75, 3.05) is 12.4 Å². The van der Waals surface area contributed by atoms with Crippen LogP contribution in [0.15, 0.2) is 0 Å². The molecule has 0 spiro atoms. The molecule has 0 radical (unpaired) electrons. The van der Waals surface area contributed by atoms with Gasteiger partial charge in [0.05, 0.1) is 0 Å². The Labute approximate surface area is 136 Å². The summed E-state index contributed by atoms with van der Waals surface area (Å²) in [6.07, 6.45) is 15.2. The van der Waals surface area contributed by atoms with Crippen molar-refractivity contribution in [1.82, 2.24) is 0 Å². The minimum Gasteiger partial charge on any atom is -0.396 e. The molecule has 0 amide bonds. The number of hydrogen-bond donors (Lipinski definition) is 1. The highest BCUT2D eigenvalue weighted by Crippen LogP contribution is 2.35. The molecule has 1 fully saturated rings. The molecule has 1 aliphatic carbocycles.